The van der Waals surface area contributed by atoms with Gasteiger partial charge < -0.3 is 5.73 Å². The van der Waals surface area contributed by atoms with Crippen molar-refractivity contribution < 1.29 is 0 Å². The molecule has 0 spiro atoms. The van der Waals surface area contributed by atoms with Crippen LogP contribution >= 0.6 is 11.6 Å². The smallest absolute Gasteiger partial charge is 0.0767 e. The molecule has 0 radical (unpaired) electrons. The molecule has 1 aromatic heterocycles. The Kier molecular flexibility index (Phi) is 2.75. The van der Waals surface area contributed by atoms with Gasteiger partial charge in [-0.25, -0.2) is 4.68 Å². The Morgan fingerprint density at radius 3 is 2.53 bits per heavy atom. The molecule has 0 saturated carbocycles. The Balaban J connectivity index is 2.44. The van der Waals surface area contributed by atoms with Crippen molar-refractivity contribution in [2.75, 3.05) is 0 Å². The van der Waals surface area contributed by atoms with E-state index in [0.717, 1.165) is 22.1 Å². The van der Waals surface area contributed by atoms with Gasteiger partial charge in [0.2, 0.25) is 0 Å². The molecule has 2 aromatic rings. The fraction of sp³-hybridized carbons (Fsp3) is 0.182. The van der Waals surface area contributed by atoms with Gasteiger partial charge in [0, 0.05) is 17.3 Å². The van der Waals surface area contributed by atoms with Crippen LogP contribution in [-0.2, 0) is 6.54 Å². The predicted molar refractivity (Wildman–Crippen MR) is 61.2 cm³/mol. The van der Waals surface area contributed by atoms with Crippen molar-refractivity contribution in [2.45, 2.75) is 13.5 Å². The van der Waals surface area contributed by atoms with E-state index < -0.39 is 0 Å². The molecule has 0 aliphatic carbocycles. The van der Waals surface area contributed by atoms with Crippen molar-refractivity contribution in [3.63, 3.8) is 0 Å². The van der Waals surface area contributed by atoms with E-state index in [1.807, 2.05) is 41.9 Å². The van der Waals surface area contributed by atoms with Crippen molar-refractivity contribution in [3.8, 4) is 5.69 Å². The molecule has 1 aromatic carbocycles. The zero-order valence-corrected chi connectivity index (χ0v) is 9.20. The number of aryl methyl sites for hydroxylation is 1. The van der Waals surface area contributed by atoms with Crippen LogP contribution < -0.4 is 5.73 Å². The Morgan fingerprint density at radius 2 is 2.00 bits per heavy atom. The maximum atomic E-state index is 5.82. The van der Waals surface area contributed by atoms with Gasteiger partial charge in [-0.15, -0.1) is 0 Å². The number of hydrogen-bond acceptors (Lipinski definition) is 2. The van der Waals surface area contributed by atoms with Gasteiger partial charge in [-0.2, -0.15) is 5.10 Å². The third kappa shape index (κ3) is 2.03. The summed E-state index contributed by atoms with van der Waals surface area (Å²) in [6.07, 6.45) is 0. The van der Waals surface area contributed by atoms with Crippen LogP contribution in [0, 0.1) is 6.92 Å². The fourth-order valence-corrected chi connectivity index (χ4v) is 1.61. The van der Waals surface area contributed by atoms with Crippen LogP contribution in [0.3, 0.4) is 0 Å². The standard InChI is InChI=1S/C11H12ClN3/c1-8-6-10(7-13)14-15(8)11-4-2-9(12)3-5-11/h2-6H,7,13H2,1H3. The van der Waals surface area contributed by atoms with Gasteiger partial charge >= 0.3 is 0 Å². The van der Waals surface area contributed by atoms with Gasteiger partial charge in [-0.3, -0.25) is 0 Å². The number of benzene rings is 1. The van der Waals surface area contributed by atoms with Crippen molar-refractivity contribution in [3.05, 3.63) is 46.7 Å². The van der Waals surface area contributed by atoms with E-state index in [9.17, 15) is 0 Å². The molecular formula is C11H12ClN3. The summed E-state index contributed by atoms with van der Waals surface area (Å²) in [6, 6.07) is 9.54. The number of nitrogens with two attached hydrogens (primary N) is 1. The summed E-state index contributed by atoms with van der Waals surface area (Å²) in [5.74, 6) is 0. The fourth-order valence-electron chi connectivity index (χ4n) is 1.48. The molecule has 0 saturated heterocycles. The average Bonchev–Trinajstić information content (AvgIpc) is 2.61. The van der Waals surface area contributed by atoms with Crippen LogP contribution in [0.5, 0.6) is 0 Å². The lowest BCUT2D eigenvalue weighted by Crippen LogP contribution is -2.01. The molecule has 2 rings (SSSR count). The van der Waals surface area contributed by atoms with Crippen LogP contribution in [-0.4, -0.2) is 9.78 Å². The topological polar surface area (TPSA) is 43.8 Å². The number of halogens is 1. The molecule has 15 heavy (non-hydrogen) atoms. The summed E-state index contributed by atoms with van der Waals surface area (Å²) in [6.45, 7) is 2.46. The van der Waals surface area contributed by atoms with Gasteiger partial charge in [0.25, 0.3) is 0 Å². The van der Waals surface area contributed by atoms with E-state index in [1.54, 1.807) is 0 Å². The third-order valence-corrected chi connectivity index (χ3v) is 2.47. The molecule has 4 heteroatoms. The van der Waals surface area contributed by atoms with Crippen LogP contribution in [0.15, 0.2) is 30.3 Å². The Bertz CT molecular complexity index is 459. The second-order valence-corrected chi connectivity index (χ2v) is 3.81. The highest BCUT2D eigenvalue weighted by atomic mass is 35.5. The van der Waals surface area contributed by atoms with Crippen molar-refractivity contribution in [2.24, 2.45) is 5.73 Å². The highest BCUT2D eigenvalue weighted by Gasteiger charge is 2.04. The Labute approximate surface area is 93.5 Å². The molecule has 78 valence electrons. The second-order valence-electron chi connectivity index (χ2n) is 3.37. The average molecular weight is 222 g/mol. The molecule has 3 nitrogen and oxygen atoms in total. The lowest BCUT2D eigenvalue weighted by Gasteiger charge is -2.03. The molecule has 0 atom stereocenters. The minimum Gasteiger partial charge on any atom is -0.325 e. The monoisotopic (exact) mass is 221 g/mol. The normalized spacial score (nSPS) is 10.6. The number of nitrogens with zero attached hydrogens (tertiary/aromatic N) is 2. The summed E-state index contributed by atoms with van der Waals surface area (Å²) in [5, 5.41) is 5.10. The largest absolute Gasteiger partial charge is 0.325 e. The van der Waals surface area contributed by atoms with E-state index >= 15 is 0 Å². The third-order valence-electron chi connectivity index (χ3n) is 2.22. The van der Waals surface area contributed by atoms with E-state index in [-0.39, 0.29) is 0 Å². The highest BCUT2D eigenvalue weighted by molar-refractivity contribution is 6.30. The van der Waals surface area contributed by atoms with Gasteiger partial charge in [-0.05, 0) is 37.3 Å². The van der Waals surface area contributed by atoms with Crippen molar-refractivity contribution >= 4 is 11.6 Å². The van der Waals surface area contributed by atoms with E-state index in [4.69, 9.17) is 17.3 Å². The number of hydrogen-bond donors (Lipinski definition) is 1. The molecule has 0 bridgehead atoms. The molecule has 0 fully saturated rings. The quantitative estimate of drug-likeness (QED) is 0.846. The van der Waals surface area contributed by atoms with Crippen LogP contribution in [0.25, 0.3) is 5.69 Å². The molecule has 0 aliphatic rings. The molecule has 2 N–H and O–H groups in total. The van der Waals surface area contributed by atoms with Gasteiger partial charge in [-0.1, -0.05) is 11.6 Å². The lowest BCUT2D eigenvalue weighted by molar-refractivity contribution is 0.812. The Hall–Kier alpha value is -1.32. The summed E-state index contributed by atoms with van der Waals surface area (Å²) in [4.78, 5) is 0. The second kappa shape index (κ2) is 4.04. The van der Waals surface area contributed by atoms with E-state index in [1.165, 1.54) is 0 Å². The van der Waals surface area contributed by atoms with Crippen molar-refractivity contribution in [1.82, 2.24) is 9.78 Å². The maximum absolute atomic E-state index is 5.82. The zero-order chi connectivity index (χ0) is 10.8. The maximum Gasteiger partial charge on any atom is 0.0767 e. The number of aromatic nitrogens is 2. The summed E-state index contributed by atoms with van der Waals surface area (Å²) in [7, 11) is 0. The lowest BCUT2D eigenvalue weighted by atomic mass is 10.3. The first-order chi connectivity index (χ1) is 7.20. The van der Waals surface area contributed by atoms with Gasteiger partial charge in [0.05, 0.1) is 11.4 Å². The summed E-state index contributed by atoms with van der Waals surface area (Å²) < 4.78 is 1.86. The molecule has 1 heterocycles. The summed E-state index contributed by atoms with van der Waals surface area (Å²) in [5.41, 5.74) is 8.49. The predicted octanol–water partition coefficient (Wildman–Crippen LogP) is 2.29. The SMILES string of the molecule is Cc1cc(CN)nn1-c1ccc(Cl)cc1. The minimum absolute atomic E-state index is 0.460. The van der Waals surface area contributed by atoms with Gasteiger partial charge in [0.15, 0.2) is 0 Å². The molecule has 0 amide bonds. The van der Waals surface area contributed by atoms with Crippen LogP contribution in [0.4, 0.5) is 0 Å². The van der Waals surface area contributed by atoms with Gasteiger partial charge in [0.1, 0.15) is 0 Å². The van der Waals surface area contributed by atoms with E-state index in [0.29, 0.717) is 6.54 Å². The highest BCUT2D eigenvalue weighted by Crippen LogP contribution is 2.15. The first kappa shape index (κ1) is 10.2. The first-order valence-corrected chi connectivity index (χ1v) is 5.10. The molecule has 0 aliphatic heterocycles. The molecule has 0 unspecified atom stereocenters. The Morgan fingerprint density at radius 1 is 1.33 bits per heavy atom. The zero-order valence-electron chi connectivity index (χ0n) is 8.44. The molecular weight excluding hydrogens is 210 g/mol. The summed E-state index contributed by atoms with van der Waals surface area (Å²) >= 11 is 5.82. The van der Waals surface area contributed by atoms with E-state index in [2.05, 4.69) is 5.10 Å². The first-order valence-electron chi connectivity index (χ1n) is 4.72. The van der Waals surface area contributed by atoms with Crippen LogP contribution in [0.2, 0.25) is 5.02 Å². The minimum atomic E-state index is 0.460. The van der Waals surface area contributed by atoms with Crippen molar-refractivity contribution in [1.29, 1.82) is 0 Å². The number of rotatable bonds is 2. The van der Waals surface area contributed by atoms with Crippen LogP contribution in [0.1, 0.15) is 11.4 Å².